The van der Waals surface area contributed by atoms with Crippen LogP contribution >= 0.6 is 12.4 Å². The van der Waals surface area contributed by atoms with E-state index in [0.29, 0.717) is 5.56 Å². The summed E-state index contributed by atoms with van der Waals surface area (Å²) in [5.74, 6) is -0.249. The van der Waals surface area contributed by atoms with Crippen molar-refractivity contribution in [2.45, 2.75) is 40.2 Å². The van der Waals surface area contributed by atoms with Crippen LogP contribution in [0.4, 0.5) is 0 Å². The highest BCUT2D eigenvalue weighted by atomic mass is 35.5. The molecule has 0 saturated heterocycles. The maximum absolute atomic E-state index is 10.3. The zero-order valence-corrected chi connectivity index (χ0v) is 12.2. The molecule has 18 heavy (non-hydrogen) atoms. The van der Waals surface area contributed by atoms with E-state index in [-0.39, 0.29) is 35.2 Å². The molecule has 0 amide bonds. The Morgan fingerprint density at radius 3 is 2.06 bits per heavy atom. The van der Waals surface area contributed by atoms with Crippen LogP contribution in [0.15, 0.2) is 18.2 Å². The highest BCUT2D eigenvalue weighted by Gasteiger charge is 2.30. The van der Waals surface area contributed by atoms with Gasteiger partial charge in [-0.25, -0.2) is 0 Å². The van der Waals surface area contributed by atoms with Crippen molar-refractivity contribution in [2.24, 2.45) is 11.3 Å². The monoisotopic (exact) mass is 274 g/mol. The van der Waals surface area contributed by atoms with Gasteiger partial charge in [0.15, 0.2) is 11.5 Å². The summed E-state index contributed by atoms with van der Waals surface area (Å²) in [6, 6.07) is 4.48. The summed E-state index contributed by atoms with van der Waals surface area (Å²) in [6.45, 7) is 8.30. The topological polar surface area (TPSA) is 60.7 Å². The summed E-state index contributed by atoms with van der Waals surface area (Å²) in [5, 5.41) is 29.0. The highest BCUT2D eigenvalue weighted by molar-refractivity contribution is 5.85. The Labute approximate surface area is 115 Å². The summed E-state index contributed by atoms with van der Waals surface area (Å²) in [5.41, 5.74) is 0.629. The minimum atomic E-state index is -0.633. The van der Waals surface area contributed by atoms with Crippen molar-refractivity contribution >= 4 is 12.4 Å². The second-order valence-electron chi connectivity index (χ2n) is 5.57. The average Bonchev–Trinajstić information content (AvgIpc) is 2.20. The van der Waals surface area contributed by atoms with Crippen LogP contribution in [0.3, 0.4) is 0 Å². The molecule has 0 saturated carbocycles. The summed E-state index contributed by atoms with van der Waals surface area (Å²) in [7, 11) is 0. The van der Waals surface area contributed by atoms with Crippen LogP contribution < -0.4 is 0 Å². The van der Waals surface area contributed by atoms with E-state index in [1.807, 2.05) is 6.92 Å². The molecule has 1 aromatic carbocycles. The van der Waals surface area contributed by atoms with Gasteiger partial charge in [-0.15, -0.1) is 12.4 Å². The Bertz CT molecular complexity index is 385. The highest BCUT2D eigenvalue weighted by Crippen LogP contribution is 2.40. The molecule has 2 unspecified atom stereocenters. The van der Waals surface area contributed by atoms with E-state index < -0.39 is 6.10 Å². The molecule has 4 heteroatoms. The van der Waals surface area contributed by atoms with Gasteiger partial charge in [0.2, 0.25) is 0 Å². The van der Waals surface area contributed by atoms with Crippen LogP contribution in [0, 0.1) is 11.3 Å². The van der Waals surface area contributed by atoms with Gasteiger partial charge in [-0.05, 0) is 29.0 Å². The van der Waals surface area contributed by atoms with E-state index in [0.717, 1.165) is 6.42 Å². The Morgan fingerprint density at radius 2 is 1.67 bits per heavy atom. The summed E-state index contributed by atoms with van der Waals surface area (Å²) in [4.78, 5) is 0. The predicted molar refractivity (Wildman–Crippen MR) is 75.2 cm³/mol. The van der Waals surface area contributed by atoms with Gasteiger partial charge in [0, 0.05) is 0 Å². The number of hydrogen-bond acceptors (Lipinski definition) is 3. The lowest BCUT2D eigenvalue weighted by atomic mass is 9.74. The van der Waals surface area contributed by atoms with Crippen LogP contribution in [0.1, 0.15) is 45.8 Å². The van der Waals surface area contributed by atoms with Crippen LogP contribution in [0.5, 0.6) is 11.5 Å². The van der Waals surface area contributed by atoms with Crippen molar-refractivity contribution in [3.63, 3.8) is 0 Å². The molecule has 0 radical (unpaired) electrons. The Balaban J connectivity index is 0.00000289. The molecule has 0 bridgehead atoms. The standard InChI is InChI=1S/C14H22O3.ClH/c1-5-10(14(2,3)4)13(17)9-6-7-11(15)12(16)8-9;/h6-8,10,13,15-17H,5H2,1-4H3;1H. The molecule has 0 heterocycles. The molecule has 104 valence electrons. The first-order valence-electron chi connectivity index (χ1n) is 5.97. The van der Waals surface area contributed by atoms with E-state index in [4.69, 9.17) is 0 Å². The average molecular weight is 275 g/mol. The zero-order chi connectivity index (χ0) is 13.2. The van der Waals surface area contributed by atoms with Gasteiger partial charge in [0.1, 0.15) is 0 Å². The molecule has 0 aromatic heterocycles. The van der Waals surface area contributed by atoms with E-state index in [9.17, 15) is 15.3 Å². The fourth-order valence-corrected chi connectivity index (χ4v) is 2.27. The number of aromatic hydroxyl groups is 2. The van der Waals surface area contributed by atoms with Gasteiger partial charge >= 0.3 is 0 Å². The largest absolute Gasteiger partial charge is 0.504 e. The van der Waals surface area contributed by atoms with Crippen LogP contribution in [-0.4, -0.2) is 15.3 Å². The van der Waals surface area contributed by atoms with Crippen molar-refractivity contribution in [1.29, 1.82) is 0 Å². The third kappa shape index (κ3) is 3.79. The second-order valence-corrected chi connectivity index (χ2v) is 5.57. The Hall–Kier alpha value is -0.930. The lowest BCUT2D eigenvalue weighted by Crippen LogP contribution is -2.26. The van der Waals surface area contributed by atoms with E-state index in [1.54, 1.807) is 6.07 Å². The Kier molecular flexibility index (Phi) is 5.97. The molecule has 0 aliphatic rings. The lowest BCUT2D eigenvalue weighted by Gasteiger charge is -2.34. The van der Waals surface area contributed by atoms with E-state index in [1.165, 1.54) is 12.1 Å². The number of aliphatic hydroxyl groups is 1. The van der Waals surface area contributed by atoms with Crippen molar-refractivity contribution in [1.82, 2.24) is 0 Å². The Morgan fingerprint density at radius 1 is 1.11 bits per heavy atom. The molecule has 3 nitrogen and oxygen atoms in total. The zero-order valence-electron chi connectivity index (χ0n) is 11.3. The SMILES string of the molecule is CCC(C(O)c1ccc(O)c(O)c1)C(C)(C)C.Cl. The third-order valence-corrected chi connectivity index (χ3v) is 3.27. The number of phenols is 2. The first-order chi connectivity index (χ1) is 7.77. The van der Waals surface area contributed by atoms with E-state index >= 15 is 0 Å². The lowest BCUT2D eigenvalue weighted by molar-refractivity contribution is 0.0390. The third-order valence-electron chi connectivity index (χ3n) is 3.27. The van der Waals surface area contributed by atoms with Crippen LogP contribution in [0.2, 0.25) is 0 Å². The smallest absolute Gasteiger partial charge is 0.157 e. The van der Waals surface area contributed by atoms with Crippen molar-refractivity contribution in [3.8, 4) is 11.5 Å². The molecule has 0 aliphatic carbocycles. The molecule has 2 atom stereocenters. The normalized spacial score (nSPS) is 14.7. The minimum absolute atomic E-state index is 0. The number of benzene rings is 1. The van der Waals surface area contributed by atoms with Crippen molar-refractivity contribution < 1.29 is 15.3 Å². The van der Waals surface area contributed by atoms with Crippen LogP contribution in [-0.2, 0) is 0 Å². The first-order valence-corrected chi connectivity index (χ1v) is 5.97. The molecule has 1 rings (SSSR count). The van der Waals surface area contributed by atoms with Gasteiger partial charge in [-0.2, -0.15) is 0 Å². The maximum Gasteiger partial charge on any atom is 0.157 e. The summed E-state index contributed by atoms with van der Waals surface area (Å²) in [6.07, 6.45) is 0.221. The van der Waals surface area contributed by atoms with E-state index in [2.05, 4.69) is 20.8 Å². The summed E-state index contributed by atoms with van der Waals surface area (Å²) < 4.78 is 0. The molecule has 1 aromatic rings. The molecular weight excluding hydrogens is 252 g/mol. The van der Waals surface area contributed by atoms with Crippen molar-refractivity contribution in [2.75, 3.05) is 0 Å². The van der Waals surface area contributed by atoms with Crippen LogP contribution in [0.25, 0.3) is 0 Å². The molecule has 0 spiro atoms. The molecule has 3 N–H and O–H groups in total. The molecular formula is C14H23ClO3. The van der Waals surface area contributed by atoms with Gasteiger partial charge < -0.3 is 15.3 Å². The predicted octanol–water partition coefficient (Wildman–Crippen LogP) is 3.63. The quantitative estimate of drug-likeness (QED) is 0.738. The fraction of sp³-hybridized carbons (Fsp3) is 0.571. The second kappa shape index (κ2) is 6.30. The van der Waals surface area contributed by atoms with Gasteiger partial charge in [-0.3, -0.25) is 0 Å². The van der Waals surface area contributed by atoms with Gasteiger partial charge in [-0.1, -0.05) is 40.2 Å². The van der Waals surface area contributed by atoms with Gasteiger partial charge in [0.25, 0.3) is 0 Å². The number of aliphatic hydroxyl groups excluding tert-OH is 1. The molecule has 0 aliphatic heterocycles. The number of halogens is 1. The molecule has 0 fully saturated rings. The van der Waals surface area contributed by atoms with Gasteiger partial charge in [0.05, 0.1) is 6.10 Å². The summed E-state index contributed by atoms with van der Waals surface area (Å²) >= 11 is 0. The number of hydrogen-bond donors (Lipinski definition) is 3. The maximum atomic E-state index is 10.3. The minimum Gasteiger partial charge on any atom is -0.504 e. The first kappa shape index (κ1) is 17.1. The fourth-order valence-electron chi connectivity index (χ4n) is 2.27. The number of rotatable bonds is 3. The number of phenolic OH excluding ortho intramolecular Hbond substituents is 2. The van der Waals surface area contributed by atoms with Crippen molar-refractivity contribution in [3.05, 3.63) is 23.8 Å².